The number of hydrazone groups is 1. The van der Waals surface area contributed by atoms with Gasteiger partial charge in [0.2, 0.25) is 5.91 Å². The number of non-ortho nitro benzene ring substituents is 1. The molecular formula is C17H17N3O4. The van der Waals surface area contributed by atoms with Gasteiger partial charge in [0.05, 0.1) is 24.2 Å². The topological polar surface area (TPSA) is 93.8 Å². The van der Waals surface area contributed by atoms with E-state index < -0.39 is 4.92 Å². The highest BCUT2D eigenvalue weighted by Crippen LogP contribution is 2.12. The summed E-state index contributed by atoms with van der Waals surface area (Å²) in [5, 5.41) is 14.5. The van der Waals surface area contributed by atoms with Gasteiger partial charge in [-0.2, -0.15) is 5.10 Å². The standard InChI is InChI=1S/C17H17N3O4/c1-2-24-16-9-5-14(6-10-16)12-18-19-17(21)11-13-3-7-15(8-4-13)20(22)23/h3-10,12H,2,11H2,1H3,(H,19,21). The fraction of sp³-hybridized carbons (Fsp3) is 0.176. The van der Waals surface area contributed by atoms with E-state index in [1.165, 1.54) is 18.3 Å². The van der Waals surface area contributed by atoms with Gasteiger partial charge in [0.1, 0.15) is 5.75 Å². The monoisotopic (exact) mass is 327 g/mol. The Balaban J connectivity index is 1.84. The molecule has 24 heavy (non-hydrogen) atoms. The summed E-state index contributed by atoms with van der Waals surface area (Å²) >= 11 is 0. The molecule has 0 radical (unpaired) electrons. The zero-order chi connectivity index (χ0) is 17.4. The van der Waals surface area contributed by atoms with Crippen LogP contribution in [0.25, 0.3) is 0 Å². The average molecular weight is 327 g/mol. The van der Waals surface area contributed by atoms with Gasteiger partial charge in [-0.15, -0.1) is 0 Å². The molecule has 0 heterocycles. The molecule has 7 nitrogen and oxygen atoms in total. The molecule has 1 amide bonds. The van der Waals surface area contributed by atoms with Crippen molar-refractivity contribution in [3.8, 4) is 5.75 Å². The molecule has 0 atom stereocenters. The Morgan fingerprint density at radius 2 is 1.88 bits per heavy atom. The third-order valence-electron chi connectivity index (χ3n) is 3.11. The lowest BCUT2D eigenvalue weighted by Crippen LogP contribution is -2.19. The van der Waals surface area contributed by atoms with Crippen LogP contribution in [0, 0.1) is 10.1 Å². The summed E-state index contributed by atoms with van der Waals surface area (Å²) in [6, 6.07) is 13.1. The van der Waals surface area contributed by atoms with Crippen molar-refractivity contribution < 1.29 is 14.5 Å². The van der Waals surface area contributed by atoms with E-state index in [-0.39, 0.29) is 18.0 Å². The van der Waals surface area contributed by atoms with Crippen LogP contribution in [0.1, 0.15) is 18.1 Å². The van der Waals surface area contributed by atoms with Crippen molar-refractivity contribution in [2.75, 3.05) is 6.61 Å². The molecule has 0 fully saturated rings. The van der Waals surface area contributed by atoms with Crippen LogP contribution in [-0.4, -0.2) is 23.7 Å². The SMILES string of the molecule is CCOc1ccc(C=NNC(=O)Cc2ccc([N+](=O)[O-])cc2)cc1. The second-order valence-corrected chi connectivity index (χ2v) is 4.90. The number of carbonyl (C=O) groups is 1. The van der Waals surface area contributed by atoms with E-state index >= 15 is 0 Å². The van der Waals surface area contributed by atoms with Crippen LogP contribution in [0.4, 0.5) is 5.69 Å². The molecule has 2 aromatic rings. The first-order chi connectivity index (χ1) is 11.6. The first kappa shape index (κ1) is 17.1. The molecule has 1 N–H and O–H groups in total. The van der Waals surface area contributed by atoms with Gasteiger partial charge < -0.3 is 4.74 Å². The van der Waals surface area contributed by atoms with Crippen molar-refractivity contribution in [1.29, 1.82) is 0 Å². The van der Waals surface area contributed by atoms with E-state index in [0.29, 0.717) is 12.2 Å². The number of rotatable bonds is 7. The van der Waals surface area contributed by atoms with Gasteiger partial charge in [0, 0.05) is 12.1 Å². The Bertz CT molecular complexity index is 725. The number of carbonyl (C=O) groups excluding carboxylic acids is 1. The fourth-order valence-corrected chi connectivity index (χ4v) is 1.96. The molecular weight excluding hydrogens is 310 g/mol. The zero-order valence-electron chi connectivity index (χ0n) is 13.1. The van der Waals surface area contributed by atoms with Crippen molar-refractivity contribution in [3.63, 3.8) is 0 Å². The quantitative estimate of drug-likeness (QED) is 0.480. The van der Waals surface area contributed by atoms with Gasteiger partial charge in [0.25, 0.3) is 5.69 Å². The predicted molar refractivity (Wildman–Crippen MR) is 90.1 cm³/mol. The van der Waals surface area contributed by atoms with Crippen molar-refractivity contribution in [2.24, 2.45) is 5.10 Å². The molecule has 0 aliphatic rings. The van der Waals surface area contributed by atoms with Gasteiger partial charge >= 0.3 is 0 Å². The normalized spacial score (nSPS) is 10.5. The summed E-state index contributed by atoms with van der Waals surface area (Å²) in [6.45, 7) is 2.52. The van der Waals surface area contributed by atoms with Crippen molar-refractivity contribution in [3.05, 3.63) is 69.8 Å². The lowest BCUT2D eigenvalue weighted by Gasteiger charge is -2.02. The summed E-state index contributed by atoms with van der Waals surface area (Å²) in [5.41, 5.74) is 3.92. The molecule has 0 saturated carbocycles. The predicted octanol–water partition coefficient (Wildman–Crippen LogP) is 2.69. The van der Waals surface area contributed by atoms with Crippen LogP contribution in [0.3, 0.4) is 0 Å². The van der Waals surface area contributed by atoms with Crippen LogP contribution in [0.2, 0.25) is 0 Å². The van der Waals surface area contributed by atoms with Crippen molar-refractivity contribution >= 4 is 17.8 Å². The summed E-state index contributed by atoms with van der Waals surface area (Å²) in [5.74, 6) is 0.475. The van der Waals surface area contributed by atoms with Crippen LogP contribution in [-0.2, 0) is 11.2 Å². The maximum Gasteiger partial charge on any atom is 0.269 e. The summed E-state index contributed by atoms with van der Waals surface area (Å²) < 4.78 is 5.34. The van der Waals surface area contributed by atoms with Crippen molar-refractivity contribution in [1.82, 2.24) is 5.43 Å². The number of amides is 1. The van der Waals surface area contributed by atoms with E-state index in [2.05, 4.69) is 10.5 Å². The number of nitro groups is 1. The van der Waals surface area contributed by atoms with E-state index in [0.717, 1.165) is 11.3 Å². The highest BCUT2D eigenvalue weighted by atomic mass is 16.6. The van der Waals surface area contributed by atoms with Gasteiger partial charge in [-0.1, -0.05) is 12.1 Å². The molecule has 2 aromatic carbocycles. The molecule has 0 aliphatic heterocycles. The molecule has 124 valence electrons. The Morgan fingerprint density at radius 1 is 1.21 bits per heavy atom. The second-order valence-electron chi connectivity index (χ2n) is 4.90. The molecule has 2 rings (SSSR count). The average Bonchev–Trinajstić information content (AvgIpc) is 2.57. The Kier molecular flexibility index (Phi) is 6.01. The Morgan fingerprint density at radius 3 is 2.46 bits per heavy atom. The number of nitrogens with one attached hydrogen (secondary N) is 1. The number of hydrogen-bond donors (Lipinski definition) is 1. The Labute approximate surface area is 139 Å². The van der Waals surface area contributed by atoms with Gasteiger partial charge in [-0.3, -0.25) is 14.9 Å². The maximum atomic E-state index is 11.8. The first-order valence-electron chi connectivity index (χ1n) is 7.36. The highest BCUT2D eigenvalue weighted by molar-refractivity contribution is 5.83. The minimum atomic E-state index is -0.481. The van der Waals surface area contributed by atoms with E-state index in [1.807, 2.05) is 31.2 Å². The fourth-order valence-electron chi connectivity index (χ4n) is 1.96. The van der Waals surface area contributed by atoms with E-state index in [9.17, 15) is 14.9 Å². The number of nitrogens with zero attached hydrogens (tertiary/aromatic N) is 2. The molecule has 0 spiro atoms. The lowest BCUT2D eigenvalue weighted by molar-refractivity contribution is -0.384. The number of ether oxygens (including phenoxy) is 1. The summed E-state index contributed by atoms with van der Waals surface area (Å²) in [6.07, 6.45) is 1.63. The smallest absolute Gasteiger partial charge is 0.269 e. The summed E-state index contributed by atoms with van der Waals surface area (Å²) in [4.78, 5) is 21.9. The van der Waals surface area contributed by atoms with Crippen LogP contribution < -0.4 is 10.2 Å². The second kappa shape index (κ2) is 8.42. The van der Waals surface area contributed by atoms with Crippen LogP contribution in [0.5, 0.6) is 5.75 Å². The van der Waals surface area contributed by atoms with Gasteiger partial charge in [-0.25, -0.2) is 5.43 Å². The maximum absolute atomic E-state index is 11.8. The third kappa shape index (κ3) is 5.20. The van der Waals surface area contributed by atoms with Gasteiger partial charge in [0.15, 0.2) is 0 Å². The largest absolute Gasteiger partial charge is 0.494 e. The minimum absolute atomic E-state index is 0.00678. The molecule has 0 aliphatic carbocycles. The van der Waals surface area contributed by atoms with Gasteiger partial charge in [-0.05, 0) is 42.3 Å². The van der Waals surface area contributed by atoms with E-state index in [4.69, 9.17) is 4.74 Å². The third-order valence-corrected chi connectivity index (χ3v) is 3.11. The van der Waals surface area contributed by atoms with Crippen molar-refractivity contribution in [2.45, 2.75) is 13.3 Å². The highest BCUT2D eigenvalue weighted by Gasteiger charge is 2.06. The Hall–Kier alpha value is -3.22. The number of nitro benzene ring substituents is 1. The zero-order valence-corrected chi connectivity index (χ0v) is 13.1. The van der Waals surface area contributed by atoms with Crippen LogP contribution >= 0.6 is 0 Å². The van der Waals surface area contributed by atoms with E-state index in [1.54, 1.807) is 12.1 Å². The molecule has 0 aromatic heterocycles. The molecule has 0 saturated heterocycles. The molecule has 0 bridgehead atoms. The minimum Gasteiger partial charge on any atom is -0.494 e. The first-order valence-corrected chi connectivity index (χ1v) is 7.36. The lowest BCUT2D eigenvalue weighted by atomic mass is 10.1. The summed E-state index contributed by atoms with van der Waals surface area (Å²) in [7, 11) is 0. The number of benzene rings is 2. The number of hydrogen-bond acceptors (Lipinski definition) is 5. The van der Waals surface area contributed by atoms with Crippen LogP contribution in [0.15, 0.2) is 53.6 Å². The molecule has 0 unspecified atom stereocenters. The molecule has 7 heteroatoms.